The molecule has 0 spiro atoms. The highest BCUT2D eigenvalue weighted by atomic mass is 16.5. The largest absolute Gasteiger partial charge is 0.488 e. The quantitative estimate of drug-likeness (QED) is 0.690. The van der Waals surface area contributed by atoms with E-state index in [0.717, 1.165) is 16.8 Å². The van der Waals surface area contributed by atoms with Crippen LogP contribution in [0.5, 0.6) is 11.6 Å². The van der Waals surface area contributed by atoms with Crippen molar-refractivity contribution < 1.29 is 18.8 Å². The maximum absolute atomic E-state index is 12.6. The van der Waals surface area contributed by atoms with Gasteiger partial charge in [-0.15, -0.1) is 0 Å². The Balaban J connectivity index is 1.68. The number of nitrogens with zero attached hydrogens (tertiary/aromatic N) is 2. The molecule has 1 amide bonds. The Morgan fingerprint density at radius 1 is 1.22 bits per heavy atom. The molecule has 0 unspecified atom stereocenters. The normalized spacial score (nSPS) is 10.5. The summed E-state index contributed by atoms with van der Waals surface area (Å²) in [6.07, 6.45) is 1.64. The molecule has 0 bridgehead atoms. The number of carbonyl (C=O) groups excluding carboxylic acids is 1. The topological polar surface area (TPSA) is 86.5 Å². The Bertz CT molecular complexity index is 917. The predicted molar refractivity (Wildman–Crippen MR) is 98.7 cm³/mol. The van der Waals surface area contributed by atoms with Gasteiger partial charge in [0.05, 0.1) is 23.9 Å². The van der Waals surface area contributed by atoms with Crippen LogP contribution in [0.4, 0.5) is 0 Å². The minimum Gasteiger partial charge on any atom is -0.488 e. The maximum atomic E-state index is 12.6. The van der Waals surface area contributed by atoms with Gasteiger partial charge < -0.3 is 19.3 Å². The van der Waals surface area contributed by atoms with E-state index in [1.807, 2.05) is 26.0 Å². The zero-order valence-electron chi connectivity index (χ0n) is 15.5. The van der Waals surface area contributed by atoms with Crippen LogP contribution < -0.4 is 14.8 Å². The zero-order chi connectivity index (χ0) is 19.2. The smallest absolute Gasteiger partial charge is 0.255 e. The van der Waals surface area contributed by atoms with Crippen molar-refractivity contribution in [2.45, 2.75) is 27.0 Å². The first-order valence-corrected chi connectivity index (χ1v) is 8.49. The fraction of sp³-hybridized carbons (Fsp3) is 0.250. The van der Waals surface area contributed by atoms with Crippen LogP contribution in [0.3, 0.4) is 0 Å². The number of amides is 1. The summed E-state index contributed by atoms with van der Waals surface area (Å²) in [5.74, 6) is 1.49. The second kappa shape index (κ2) is 8.35. The molecule has 140 valence electrons. The van der Waals surface area contributed by atoms with Gasteiger partial charge in [0, 0.05) is 18.8 Å². The molecule has 2 aromatic heterocycles. The van der Waals surface area contributed by atoms with Gasteiger partial charge in [-0.05, 0) is 37.6 Å². The van der Waals surface area contributed by atoms with Crippen molar-refractivity contribution in [1.29, 1.82) is 0 Å². The third-order valence-electron chi connectivity index (χ3n) is 4.15. The van der Waals surface area contributed by atoms with Gasteiger partial charge in [0.25, 0.3) is 5.91 Å². The van der Waals surface area contributed by atoms with Crippen molar-refractivity contribution in [3.63, 3.8) is 0 Å². The average molecular weight is 367 g/mol. The van der Waals surface area contributed by atoms with E-state index in [1.165, 1.54) is 0 Å². The van der Waals surface area contributed by atoms with E-state index in [0.29, 0.717) is 29.5 Å². The van der Waals surface area contributed by atoms with Crippen molar-refractivity contribution in [3.8, 4) is 11.6 Å². The molecule has 0 atom stereocenters. The van der Waals surface area contributed by atoms with Crippen LogP contribution in [0.15, 0.2) is 47.1 Å². The van der Waals surface area contributed by atoms with Crippen LogP contribution in [0.2, 0.25) is 0 Å². The highest BCUT2D eigenvalue weighted by Crippen LogP contribution is 2.21. The molecule has 7 heteroatoms. The second-order valence-corrected chi connectivity index (χ2v) is 5.98. The highest BCUT2D eigenvalue weighted by Gasteiger charge is 2.14. The Hall–Kier alpha value is -3.35. The number of benzene rings is 1. The molecule has 0 aliphatic carbocycles. The number of nitrogens with one attached hydrogen (secondary N) is 1. The van der Waals surface area contributed by atoms with Gasteiger partial charge in [-0.25, -0.2) is 4.98 Å². The van der Waals surface area contributed by atoms with Crippen molar-refractivity contribution >= 4 is 5.91 Å². The highest BCUT2D eigenvalue weighted by molar-refractivity contribution is 5.96. The molecule has 27 heavy (non-hydrogen) atoms. The molecule has 0 saturated carbocycles. The lowest BCUT2D eigenvalue weighted by atomic mass is 10.1. The van der Waals surface area contributed by atoms with E-state index in [9.17, 15) is 4.79 Å². The molecule has 0 aliphatic rings. The molecule has 0 saturated heterocycles. The molecule has 7 nitrogen and oxygen atoms in total. The minimum atomic E-state index is -0.222. The fourth-order valence-electron chi connectivity index (χ4n) is 2.59. The number of methoxy groups -OCH3 is 1. The molecule has 0 radical (unpaired) electrons. The third kappa shape index (κ3) is 4.44. The van der Waals surface area contributed by atoms with Gasteiger partial charge in [-0.2, -0.15) is 0 Å². The molecular weight excluding hydrogens is 346 g/mol. The summed E-state index contributed by atoms with van der Waals surface area (Å²) in [7, 11) is 1.55. The van der Waals surface area contributed by atoms with Gasteiger partial charge >= 0.3 is 0 Å². The van der Waals surface area contributed by atoms with Gasteiger partial charge in [0.15, 0.2) is 0 Å². The molecule has 1 aromatic carbocycles. The average Bonchev–Trinajstić information content (AvgIpc) is 3.02. The van der Waals surface area contributed by atoms with Crippen LogP contribution >= 0.6 is 0 Å². The maximum Gasteiger partial charge on any atom is 0.255 e. The minimum absolute atomic E-state index is 0.222. The molecule has 1 N–H and O–H groups in total. The number of rotatable bonds is 7. The molecule has 0 fully saturated rings. The monoisotopic (exact) mass is 367 g/mol. The van der Waals surface area contributed by atoms with E-state index in [1.54, 1.807) is 37.6 Å². The van der Waals surface area contributed by atoms with Gasteiger partial charge in [0.2, 0.25) is 5.88 Å². The number of pyridine rings is 1. The summed E-state index contributed by atoms with van der Waals surface area (Å²) < 4.78 is 16.1. The van der Waals surface area contributed by atoms with E-state index >= 15 is 0 Å². The first-order chi connectivity index (χ1) is 13.1. The van der Waals surface area contributed by atoms with Crippen LogP contribution in [0, 0.1) is 13.8 Å². The molecule has 3 rings (SSSR count). The number of hydrogen-bond acceptors (Lipinski definition) is 6. The number of para-hydroxylation sites is 1. The van der Waals surface area contributed by atoms with Crippen molar-refractivity contribution in [2.75, 3.05) is 7.11 Å². The van der Waals surface area contributed by atoms with E-state index in [2.05, 4.69) is 15.5 Å². The molecule has 3 aromatic rings. The lowest BCUT2D eigenvalue weighted by Gasteiger charge is -2.12. The molecule has 2 heterocycles. The standard InChI is InChI=1S/C20H21N3O4/c1-13-17(14(2)27-23-13)12-26-18-7-5-4-6-16(18)20(24)22-11-15-8-9-21-19(10-15)25-3/h4-10H,11-12H2,1-3H3,(H,22,24). The third-order valence-corrected chi connectivity index (χ3v) is 4.15. The number of aryl methyl sites for hydroxylation is 2. The van der Waals surface area contributed by atoms with Gasteiger partial charge in [-0.3, -0.25) is 4.79 Å². The van der Waals surface area contributed by atoms with Crippen LogP contribution in [0.1, 0.15) is 32.9 Å². The van der Waals surface area contributed by atoms with Crippen LogP contribution in [0.25, 0.3) is 0 Å². The van der Waals surface area contributed by atoms with Gasteiger partial charge in [-0.1, -0.05) is 17.3 Å². The number of hydrogen-bond donors (Lipinski definition) is 1. The summed E-state index contributed by atoms with van der Waals surface area (Å²) in [4.78, 5) is 16.7. The first-order valence-electron chi connectivity index (χ1n) is 8.49. The summed E-state index contributed by atoms with van der Waals surface area (Å²) in [5, 5.41) is 6.80. The predicted octanol–water partition coefficient (Wildman–Crippen LogP) is 3.20. The zero-order valence-corrected chi connectivity index (χ0v) is 15.5. The van der Waals surface area contributed by atoms with Gasteiger partial charge in [0.1, 0.15) is 18.1 Å². The van der Waals surface area contributed by atoms with E-state index in [-0.39, 0.29) is 12.5 Å². The lowest BCUT2D eigenvalue weighted by molar-refractivity contribution is 0.0946. The first kappa shape index (κ1) is 18.4. The van der Waals surface area contributed by atoms with Crippen molar-refractivity contribution in [1.82, 2.24) is 15.5 Å². The number of carbonyl (C=O) groups is 1. The summed E-state index contributed by atoms with van der Waals surface area (Å²) >= 11 is 0. The molecular formula is C20H21N3O4. The van der Waals surface area contributed by atoms with E-state index in [4.69, 9.17) is 14.0 Å². The molecule has 0 aliphatic heterocycles. The second-order valence-electron chi connectivity index (χ2n) is 5.98. The summed E-state index contributed by atoms with van der Waals surface area (Å²) in [5.41, 5.74) is 3.02. The number of aromatic nitrogens is 2. The Labute approximate surface area is 157 Å². The lowest BCUT2D eigenvalue weighted by Crippen LogP contribution is -2.23. The Morgan fingerprint density at radius 3 is 2.78 bits per heavy atom. The van der Waals surface area contributed by atoms with Crippen LogP contribution in [-0.4, -0.2) is 23.2 Å². The Morgan fingerprint density at radius 2 is 2.04 bits per heavy atom. The fourth-order valence-corrected chi connectivity index (χ4v) is 2.59. The summed E-state index contributed by atoms with van der Waals surface area (Å²) in [6.45, 7) is 4.33. The van der Waals surface area contributed by atoms with Crippen molar-refractivity contribution in [2.24, 2.45) is 0 Å². The van der Waals surface area contributed by atoms with Crippen molar-refractivity contribution in [3.05, 3.63) is 70.7 Å². The Kier molecular flexibility index (Phi) is 5.71. The van der Waals surface area contributed by atoms with Crippen LogP contribution in [-0.2, 0) is 13.2 Å². The SMILES string of the molecule is COc1cc(CNC(=O)c2ccccc2OCc2c(C)noc2C)ccn1. The summed E-state index contributed by atoms with van der Waals surface area (Å²) in [6, 6.07) is 10.7. The number of ether oxygens (including phenoxy) is 2. The van der Waals surface area contributed by atoms with E-state index < -0.39 is 0 Å².